The number of fused-ring (bicyclic) bond motifs is 2. The lowest BCUT2D eigenvalue weighted by atomic mass is 10.1. The normalized spacial score (nSPS) is 18.0. The Morgan fingerprint density at radius 2 is 0.968 bits per heavy atom. The summed E-state index contributed by atoms with van der Waals surface area (Å²) < 4.78 is 88.7. The monoisotopic (exact) mass is 942 g/mol. The molecule has 1 unspecified atom stereocenters. The largest absolute Gasteiger partial charge is 0.520 e. The van der Waals surface area contributed by atoms with Crippen molar-refractivity contribution in [3.8, 4) is 11.5 Å². The first-order valence-electron chi connectivity index (χ1n) is 21.9. The first kappa shape index (κ1) is 53.2. The van der Waals surface area contributed by atoms with Crippen molar-refractivity contribution in [2.45, 2.75) is 190 Å². The van der Waals surface area contributed by atoms with E-state index in [9.17, 15) is 0 Å². The van der Waals surface area contributed by atoms with Crippen molar-refractivity contribution in [2.75, 3.05) is 25.7 Å². The van der Waals surface area contributed by atoms with Gasteiger partial charge in [0.05, 0.1) is 47.8 Å². The maximum Gasteiger partial charge on any atom is 0.392 e. The van der Waals surface area contributed by atoms with E-state index in [-0.39, 0.29) is 25.7 Å². The summed E-state index contributed by atoms with van der Waals surface area (Å²) in [5.41, 5.74) is 0.0164. The summed E-state index contributed by atoms with van der Waals surface area (Å²) in [6.45, 7) is 38.8. The molecule has 2 aliphatic rings. The molecule has 0 spiro atoms. The van der Waals surface area contributed by atoms with Crippen LogP contribution in [0.3, 0.4) is 0 Å². The van der Waals surface area contributed by atoms with Gasteiger partial charge in [0.25, 0.3) is 0 Å². The third kappa shape index (κ3) is 17.8. The van der Waals surface area contributed by atoms with E-state index in [2.05, 4.69) is 9.80 Å². The second-order valence-electron chi connectivity index (χ2n) is 22.5. The summed E-state index contributed by atoms with van der Waals surface area (Å²) in [6, 6.07) is 11.6. The van der Waals surface area contributed by atoms with Crippen molar-refractivity contribution in [2.24, 2.45) is 0 Å². The predicted molar refractivity (Wildman–Crippen MR) is 252 cm³/mol. The smallest absolute Gasteiger partial charge is 0.392 e. The molecule has 354 valence electrons. The average molecular weight is 943 g/mol. The summed E-state index contributed by atoms with van der Waals surface area (Å²) in [6.07, 6.45) is -0.137. The summed E-state index contributed by atoms with van der Waals surface area (Å²) in [7, 11) is -12.7. The highest BCUT2D eigenvalue weighted by Gasteiger charge is 2.43. The van der Waals surface area contributed by atoms with Crippen LogP contribution in [0.1, 0.15) is 126 Å². The number of benzene rings is 2. The van der Waals surface area contributed by atoms with Crippen molar-refractivity contribution in [1.29, 1.82) is 0 Å². The zero-order valence-electron chi connectivity index (χ0n) is 41.5. The van der Waals surface area contributed by atoms with Gasteiger partial charge in [-0.1, -0.05) is 36.4 Å². The fraction of sp³-hybridized carbons (Fsp3) is 0.733. The number of hydrogen-bond acceptors (Lipinski definition) is 13. The predicted octanol–water partition coefficient (Wildman–Crippen LogP) is 12.0. The van der Waals surface area contributed by atoms with Gasteiger partial charge in [0.2, 0.25) is 0 Å². The Kier molecular flexibility index (Phi) is 16.7. The molecule has 2 heterocycles. The molecule has 0 bridgehead atoms. The molecule has 4 rings (SSSR count). The van der Waals surface area contributed by atoms with Crippen LogP contribution in [0.15, 0.2) is 36.4 Å². The van der Waals surface area contributed by atoms with Gasteiger partial charge in [0, 0.05) is 47.9 Å². The molecule has 0 fully saturated rings. The number of rotatable bonds is 17. The van der Waals surface area contributed by atoms with E-state index in [1.165, 1.54) is 0 Å². The van der Waals surface area contributed by atoms with Gasteiger partial charge >= 0.3 is 32.3 Å². The Morgan fingerprint density at radius 3 is 1.35 bits per heavy atom. The molecule has 2 aliphatic heterocycles. The first-order valence-corrected chi connectivity index (χ1v) is 31.0. The van der Waals surface area contributed by atoms with Gasteiger partial charge in [-0.25, -0.2) is 0 Å². The topological polar surface area (TPSA) is 124 Å². The van der Waals surface area contributed by atoms with Crippen molar-refractivity contribution >= 4 is 32.3 Å². The van der Waals surface area contributed by atoms with Gasteiger partial charge in [0.15, 0.2) is 0 Å². The van der Waals surface area contributed by atoms with E-state index < -0.39 is 66.4 Å². The number of nitrogens with zero attached hydrogens (tertiary/aromatic N) is 2. The number of ether oxygens (including phenoxy) is 1. The standard InChI is InChI=1S/C45H80N2O11P2Si2/c1-41(2,3)50-31-38(47(33-60(49,57-44(10,11)12)58-45(13,14)15)27-35-23-21-25-37-30-52-62(18,19)54-40(35)37)28-46(32-59(48,55-42(4,5)6)56-43(7,8)9)26-34-22-20-24-36-29-51-61(16,17)53-39(34)36/h20-25,38H,26-33H2,1-19H3. The molecule has 62 heavy (non-hydrogen) atoms. The Labute approximate surface area is 376 Å². The third-order valence-corrected chi connectivity index (χ3v) is 16.9. The number of para-hydroxylation sites is 2. The van der Waals surface area contributed by atoms with E-state index in [0.717, 1.165) is 33.8 Å². The van der Waals surface area contributed by atoms with Crippen LogP contribution in [0.2, 0.25) is 26.2 Å². The van der Waals surface area contributed by atoms with Crippen molar-refractivity contribution < 1.29 is 49.7 Å². The minimum Gasteiger partial charge on any atom is -0.520 e. The Morgan fingerprint density at radius 1 is 0.581 bits per heavy atom. The molecule has 0 saturated heterocycles. The van der Waals surface area contributed by atoms with Crippen molar-refractivity contribution in [3.63, 3.8) is 0 Å². The van der Waals surface area contributed by atoms with Gasteiger partial charge in [-0.15, -0.1) is 0 Å². The number of hydrogen-bond donors (Lipinski definition) is 0. The molecule has 17 heteroatoms. The van der Waals surface area contributed by atoms with Crippen LogP contribution in [0, 0.1) is 0 Å². The van der Waals surface area contributed by atoms with Crippen LogP contribution in [0.5, 0.6) is 11.5 Å². The molecule has 0 aliphatic carbocycles. The zero-order valence-corrected chi connectivity index (χ0v) is 45.3. The van der Waals surface area contributed by atoms with Crippen LogP contribution in [-0.2, 0) is 67.1 Å². The summed E-state index contributed by atoms with van der Waals surface area (Å²) in [5.74, 6) is 1.56. The fourth-order valence-electron chi connectivity index (χ4n) is 7.20. The Hall–Kier alpha value is -1.43. The minimum atomic E-state index is -3.90. The van der Waals surface area contributed by atoms with Crippen LogP contribution < -0.4 is 8.85 Å². The minimum absolute atomic E-state index is 0.0575. The molecular formula is C45H80N2O11P2Si2. The van der Waals surface area contributed by atoms with Gasteiger partial charge in [-0.2, -0.15) is 0 Å². The highest BCUT2D eigenvalue weighted by molar-refractivity contribution is 7.54. The Balaban J connectivity index is 1.96. The molecule has 13 nitrogen and oxygen atoms in total. The third-order valence-electron chi connectivity index (χ3n) is 9.04. The van der Waals surface area contributed by atoms with E-state index in [4.69, 9.17) is 40.5 Å². The van der Waals surface area contributed by atoms with E-state index in [1.54, 1.807) is 0 Å². The molecule has 2 aromatic carbocycles. The molecule has 0 aromatic heterocycles. The highest BCUT2D eigenvalue weighted by atomic mass is 31.2. The molecule has 0 radical (unpaired) electrons. The second kappa shape index (κ2) is 19.4. The van der Waals surface area contributed by atoms with E-state index in [1.807, 2.05) is 166 Å². The Bertz CT molecular complexity index is 1890. The lowest BCUT2D eigenvalue weighted by molar-refractivity contribution is -0.0434. The van der Waals surface area contributed by atoms with Crippen LogP contribution in [-0.4, -0.2) is 86.7 Å². The van der Waals surface area contributed by atoms with Crippen LogP contribution >= 0.6 is 15.2 Å². The van der Waals surface area contributed by atoms with E-state index in [0.29, 0.717) is 26.3 Å². The lowest BCUT2D eigenvalue weighted by Crippen LogP contribution is -2.49. The van der Waals surface area contributed by atoms with Crippen molar-refractivity contribution in [1.82, 2.24) is 9.80 Å². The zero-order chi connectivity index (χ0) is 47.0. The maximum atomic E-state index is 15.4. The lowest BCUT2D eigenvalue weighted by Gasteiger charge is -2.42. The molecule has 0 N–H and O–H groups in total. The van der Waals surface area contributed by atoms with Gasteiger partial charge in [0.1, 0.15) is 24.1 Å². The first-order chi connectivity index (χ1) is 27.9. The van der Waals surface area contributed by atoms with Crippen molar-refractivity contribution in [3.05, 3.63) is 58.7 Å². The highest BCUT2D eigenvalue weighted by Crippen LogP contribution is 2.57. The summed E-state index contributed by atoms with van der Waals surface area (Å²) in [5, 5.41) is 0. The maximum absolute atomic E-state index is 15.4. The SMILES string of the molecule is CC(C)(C)OCC(CN(Cc1cccc2c1O[Si](C)(C)OC2)CP(=O)(OC(C)(C)C)OC(C)(C)C)N(Cc1cccc2c1O[Si](C)(C)OC2)CP(=O)(OC(C)(C)C)OC(C)(C)C. The molecule has 2 aromatic rings. The quantitative estimate of drug-likeness (QED) is 0.110. The summed E-state index contributed by atoms with van der Waals surface area (Å²) >= 11 is 0. The van der Waals surface area contributed by atoms with Gasteiger partial charge in [-0.3, -0.25) is 18.9 Å². The van der Waals surface area contributed by atoms with Crippen LogP contribution in [0.25, 0.3) is 0 Å². The molecule has 0 amide bonds. The van der Waals surface area contributed by atoms with Gasteiger partial charge < -0.3 is 40.5 Å². The van der Waals surface area contributed by atoms with Gasteiger partial charge in [-0.05, 0) is 130 Å². The molecular weight excluding hydrogens is 863 g/mol. The van der Waals surface area contributed by atoms with E-state index >= 15 is 9.13 Å². The fourth-order valence-corrected chi connectivity index (χ4v) is 15.0. The molecule has 0 saturated carbocycles. The average Bonchev–Trinajstić information content (AvgIpc) is 3.02. The van der Waals surface area contributed by atoms with Crippen LogP contribution in [0.4, 0.5) is 0 Å². The summed E-state index contributed by atoms with van der Waals surface area (Å²) in [4.78, 5) is 4.23. The molecule has 1 atom stereocenters. The second-order valence-corrected chi connectivity index (χ2v) is 32.9.